The molecule has 2 aromatic carbocycles. The van der Waals surface area contributed by atoms with E-state index >= 15 is 0 Å². The highest BCUT2D eigenvalue weighted by atomic mass is 16.5. The quantitative estimate of drug-likeness (QED) is 0.811. The Hall–Kier alpha value is -2.82. The van der Waals surface area contributed by atoms with Crippen molar-refractivity contribution in [2.24, 2.45) is 0 Å². The molecule has 0 radical (unpaired) electrons. The first-order valence-electron chi connectivity index (χ1n) is 7.84. The molecule has 1 saturated heterocycles. The van der Waals surface area contributed by atoms with Crippen LogP contribution in [0.5, 0.6) is 5.75 Å². The lowest BCUT2D eigenvalue weighted by Gasteiger charge is -2.22. The van der Waals surface area contributed by atoms with Crippen molar-refractivity contribution in [3.8, 4) is 5.75 Å². The zero-order chi connectivity index (χ0) is 16.9. The molecule has 5 heteroatoms. The van der Waals surface area contributed by atoms with E-state index in [-0.39, 0.29) is 12.0 Å². The van der Waals surface area contributed by atoms with Gasteiger partial charge in [0.1, 0.15) is 17.9 Å². The molecular formula is C19H19NO4. The third kappa shape index (κ3) is 3.40. The Morgan fingerprint density at radius 2 is 1.62 bits per heavy atom. The zero-order valence-electron chi connectivity index (χ0n) is 13.4. The average molecular weight is 325 g/mol. The maximum Gasteiger partial charge on any atom is 0.328 e. The number of carbonyl (C=O) groups excluding carboxylic acids is 2. The van der Waals surface area contributed by atoms with Gasteiger partial charge in [-0.2, -0.15) is 0 Å². The molecular weight excluding hydrogens is 306 g/mol. The molecule has 1 aliphatic rings. The molecule has 2 atom stereocenters. The van der Waals surface area contributed by atoms with Crippen LogP contribution in [0, 0.1) is 0 Å². The smallest absolute Gasteiger partial charge is 0.328 e. The van der Waals surface area contributed by atoms with Crippen molar-refractivity contribution in [1.82, 2.24) is 4.90 Å². The summed E-state index contributed by atoms with van der Waals surface area (Å²) in [5.74, 6) is 0.115. The number of hydrogen-bond donors (Lipinski definition) is 0. The Kier molecular flexibility index (Phi) is 4.79. The van der Waals surface area contributed by atoms with Crippen molar-refractivity contribution in [2.75, 3.05) is 13.7 Å². The predicted molar refractivity (Wildman–Crippen MR) is 88.8 cm³/mol. The molecule has 1 fully saturated rings. The van der Waals surface area contributed by atoms with Crippen LogP contribution in [0.4, 0.5) is 0 Å². The molecule has 2 aromatic rings. The number of amides is 1. The van der Waals surface area contributed by atoms with Crippen LogP contribution in [0.3, 0.4) is 0 Å². The molecule has 0 N–H and O–H groups in total. The molecule has 2 unspecified atom stereocenters. The number of likely N-dealkylation sites (tertiary alicyclic amines) is 1. The molecule has 0 saturated carbocycles. The lowest BCUT2D eigenvalue weighted by Crippen LogP contribution is -2.41. The first-order chi connectivity index (χ1) is 11.7. The minimum absolute atomic E-state index is 0.190. The fourth-order valence-corrected chi connectivity index (χ4v) is 2.90. The number of nitrogens with zero attached hydrogens (tertiary/aromatic N) is 1. The molecule has 0 bridgehead atoms. The molecule has 0 aliphatic carbocycles. The van der Waals surface area contributed by atoms with Crippen LogP contribution in [0.2, 0.25) is 0 Å². The van der Waals surface area contributed by atoms with Crippen LogP contribution in [0.15, 0.2) is 60.7 Å². The van der Waals surface area contributed by atoms with Crippen molar-refractivity contribution < 1.29 is 19.1 Å². The molecule has 1 heterocycles. The van der Waals surface area contributed by atoms with Crippen molar-refractivity contribution >= 4 is 11.9 Å². The van der Waals surface area contributed by atoms with Gasteiger partial charge in [0.2, 0.25) is 0 Å². The Labute approximate surface area is 140 Å². The van der Waals surface area contributed by atoms with Gasteiger partial charge < -0.3 is 14.4 Å². The summed E-state index contributed by atoms with van der Waals surface area (Å²) in [7, 11) is 1.33. The van der Waals surface area contributed by atoms with E-state index in [1.54, 1.807) is 24.3 Å². The van der Waals surface area contributed by atoms with Crippen LogP contribution in [0.1, 0.15) is 16.8 Å². The number of esters is 1. The second kappa shape index (κ2) is 7.17. The number of para-hydroxylation sites is 1. The van der Waals surface area contributed by atoms with Crippen LogP contribution in [-0.4, -0.2) is 42.6 Å². The molecule has 124 valence electrons. The summed E-state index contributed by atoms with van der Waals surface area (Å²) in [4.78, 5) is 26.4. The monoisotopic (exact) mass is 325 g/mol. The van der Waals surface area contributed by atoms with E-state index in [1.165, 1.54) is 12.0 Å². The summed E-state index contributed by atoms with van der Waals surface area (Å²) in [6.45, 7) is 0.350. The molecule has 0 aromatic heterocycles. The van der Waals surface area contributed by atoms with Gasteiger partial charge in [-0.15, -0.1) is 0 Å². The first-order valence-corrected chi connectivity index (χ1v) is 7.84. The van der Waals surface area contributed by atoms with E-state index < -0.39 is 12.0 Å². The van der Waals surface area contributed by atoms with Crippen LogP contribution >= 0.6 is 0 Å². The van der Waals surface area contributed by atoms with Gasteiger partial charge in [-0.1, -0.05) is 36.4 Å². The summed E-state index contributed by atoms with van der Waals surface area (Å²) < 4.78 is 10.8. The SMILES string of the molecule is COC(=O)C1CC(Oc2ccccc2)CN1C(=O)c1ccccc1. The van der Waals surface area contributed by atoms with E-state index in [2.05, 4.69) is 0 Å². The predicted octanol–water partition coefficient (Wildman–Crippen LogP) is 2.52. The topological polar surface area (TPSA) is 55.8 Å². The van der Waals surface area contributed by atoms with Crippen molar-refractivity contribution in [3.63, 3.8) is 0 Å². The molecule has 5 nitrogen and oxygen atoms in total. The Morgan fingerprint density at radius 1 is 1.00 bits per heavy atom. The minimum atomic E-state index is -0.628. The lowest BCUT2D eigenvalue weighted by atomic mass is 10.1. The van der Waals surface area contributed by atoms with E-state index in [4.69, 9.17) is 9.47 Å². The third-order valence-corrected chi connectivity index (χ3v) is 4.06. The highest BCUT2D eigenvalue weighted by Crippen LogP contribution is 2.25. The van der Waals surface area contributed by atoms with Crippen molar-refractivity contribution in [3.05, 3.63) is 66.2 Å². The van der Waals surface area contributed by atoms with Gasteiger partial charge in [0.05, 0.1) is 13.7 Å². The van der Waals surface area contributed by atoms with Gasteiger partial charge in [-0.25, -0.2) is 4.79 Å². The fraction of sp³-hybridized carbons (Fsp3) is 0.263. The van der Waals surface area contributed by atoms with Gasteiger partial charge in [0.15, 0.2) is 0 Å². The molecule has 0 spiro atoms. The van der Waals surface area contributed by atoms with E-state index in [0.29, 0.717) is 18.5 Å². The molecule has 3 rings (SSSR count). The van der Waals surface area contributed by atoms with E-state index in [0.717, 1.165) is 5.75 Å². The Bertz CT molecular complexity index is 702. The summed E-state index contributed by atoms with van der Waals surface area (Å²) in [6.07, 6.45) is 0.171. The number of hydrogen-bond acceptors (Lipinski definition) is 4. The second-order valence-corrected chi connectivity index (χ2v) is 5.65. The van der Waals surface area contributed by atoms with Crippen LogP contribution < -0.4 is 4.74 Å². The summed E-state index contributed by atoms with van der Waals surface area (Å²) in [6, 6.07) is 17.7. The highest BCUT2D eigenvalue weighted by molar-refractivity contribution is 5.97. The second-order valence-electron chi connectivity index (χ2n) is 5.65. The molecule has 1 aliphatic heterocycles. The van der Waals surface area contributed by atoms with E-state index in [1.807, 2.05) is 36.4 Å². The Balaban J connectivity index is 1.78. The number of ether oxygens (including phenoxy) is 2. The van der Waals surface area contributed by atoms with Gasteiger partial charge in [0.25, 0.3) is 5.91 Å². The van der Waals surface area contributed by atoms with E-state index in [9.17, 15) is 9.59 Å². The summed E-state index contributed by atoms with van der Waals surface area (Å²) >= 11 is 0. The molecule has 24 heavy (non-hydrogen) atoms. The highest BCUT2D eigenvalue weighted by Gasteiger charge is 2.41. The Morgan fingerprint density at radius 3 is 2.25 bits per heavy atom. The van der Waals surface area contributed by atoms with Crippen LogP contribution in [-0.2, 0) is 9.53 Å². The summed E-state index contributed by atoms with van der Waals surface area (Å²) in [5.41, 5.74) is 0.548. The van der Waals surface area contributed by atoms with Crippen molar-refractivity contribution in [1.29, 1.82) is 0 Å². The normalized spacial score (nSPS) is 19.8. The summed E-state index contributed by atoms with van der Waals surface area (Å²) in [5, 5.41) is 0. The minimum Gasteiger partial charge on any atom is -0.488 e. The van der Waals surface area contributed by atoms with Crippen LogP contribution in [0.25, 0.3) is 0 Å². The number of rotatable bonds is 4. The maximum atomic E-state index is 12.7. The number of benzene rings is 2. The zero-order valence-corrected chi connectivity index (χ0v) is 13.4. The third-order valence-electron chi connectivity index (χ3n) is 4.06. The standard InChI is InChI=1S/C19H19NO4/c1-23-19(22)17-12-16(24-15-10-6-3-7-11-15)13-20(17)18(21)14-8-4-2-5-9-14/h2-11,16-17H,12-13H2,1H3. The fourth-order valence-electron chi connectivity index (χ4n) is 2.90. The van der Waals surface area contributed by atoms with Gasteiger partial charge in [-0.05, 0) is 24.3 Å². The first kappa shape index (κ1) is 16.1. The van der Waals surface area contributed by atoms with Gasteiger partial charge in [-0.3, -0.25) is 4.79 Å². The average Bonchev–Trinajstić information content (AvgIpc) is 3.05. The lowest BCUT2D eigenvalue weighted by molar-refractivity contribution is -0.145. The van der Waals surface area contributed by atoms with Crippen molar-refractivity contribution in [2.45, 2.75) is 18.6 Å². The number of carbonyl (C=O) groups is 2. The van der Waals surface area contributed by atoms with Gasteiger partial charge in [0, 0.05) is 12.0 Å². The number of methoxy groups -OCH3 is 1. The molecule has 1 amide bonds. The maximum absolute atomic E-state index is 12.7. The largest absolute Gasteiger partial charge is 0.488 e. The van der Waals surface area contributed by atoms with Gasteiger partial charge >= 0.3 is 5.97 Å².